The average Bonchev–Trinajstić information content (AvgIpc) is 3.20. The van der Waals surface area contributed by atoms with Crippen molar-refractivity contribution in [1.29, 1.82) is 0 Å². The van der Waals surface area contributed by atoms with E-state index in [1.165, 1.54) is 51.4 Å². The van der Waals surface area contributed by atoms with Gasteiger partial charge in [0.15, 0.2) is 0 Å². The number of aromatic nitrogens is 5. The van der Waals surface area contributed by atoms with Crippen molar-refractivity contribution < 1.29 is 0 Å². The molecule has 6 nitrogen and oxygen atoms in total. The molecular formula is C27H34N6. The van der Waals surface area contributed by atoms with Crippen LogP contribution in [0.5, 0.6) is 0 Å². The highest BCUT2D eigenvalue weighted by molar-refractivity contribution is 5.88. The number of nitrogens with two attached hydrogens (primary N) is 1. The van der Waals surface area contributed by atoms with E-state index >= 15 is 0 Å². The lowest BCUT2D eigenvalue weighted by molar-refractivity contribution is 0.244. The van der Waals surface area contributed by atoms with E-state index in [1.54, 1.807) is 12.4 Å². The zero-order chi connectivity index (χ0) is 22.8. The number of benzene rings is 1. The van der Waals surface area contributed by atoms with Crippen molar-refractivity contribution in [2.45, 2.75) is 71.6 Å². The summed E-state index contributed by atoms with van der Waals surface area (Å²) in [5, 5.41) is 4.35. The van der Waals surface area contributed by atoms with Gasteiger partial charge in [-0.3, -0.25) is 9.97 Å². The summed E-state index contributed by atoms with van der Waals surface area (Å²) in [5.41, 5.74) is 12.7. The van der Waals surface area contributed by atoms with Crippen LogP contribution in [0.1, 0.15) is 70.9 Å². The third-order valence-corrected chi connectivity index (χ3v) is 7.29. The summed E-state index contributed by atoms with van der Waals surface area (Å²) in [6.45, 7) is 4.76. The van der Waals surface area contributed by atoms with Crippen LogP contribution in [0, 0.1) is 11.3 Å². The normalized spacial score (nSPS) is 18.0. The average molecular weight is 443 g/mol. The number of fused-ring (bicyclic) bond motifs is 2. The van der Waals surface area contributed by atoms with E-state index in [1.807, 2.05) is 16.8 Å². The number of nitrogen functional groups attached to an aromatic ring is 1. The van der Waals surface area contributed by atoms with E-state index in [0.29, 0.717) is 17.3 Å². The van der Waals surface area contributed by atoms with Crippen LogP contribution in [-0.4, -0.2) is 24.6 Å². The molecule has 1 aromatic carbocycles. The van der Waals surface area contributed by atoms with Gasteiger partial charge in [0.25, 0.3) is 0 Å². The number of hydrogen-bond acceptors (Lipinski definition) is 5. The maximum Gasteiger partial charge on any atom is 0.238 e. The number of anilines is 1. The molecule has 0 aliphatic heterocycles. The minimum absolute atomic E-state index is 0.327. The van der Waals surface area contributed by atoms with Crippen LogP contribution in [0.4, 0.5) is 5.95 Å². The van der Waals surface area contributed by atoms with E-state index in [9.17, 15) is 0 Å². The van der Waals surface area contributed by atoms with Crippen molar-refractivity contribution in [1.82, 2.24) is 24.6 Å². The Hall–Kier alpha value is -3.02. The Bertz CT molecular complexity index is 1250. The van der Waals surface area contributed by atoms with E-state index in [4.69, 9.17) is 5.73 Å². The van der Waals surface area contributed by atoms with Gasteiger partial charge < -0.3 is 5.73 Å². The molecule has 3 heterocycles. The van der Waals surface area contributed by atoms with Crippen molar-refractivity contribution in [3.05, 3.63) is 48.5 Å². The minimum Gasteiger partial charge on any atom is -0.367 e. The van der Waals surface area contributed by atoms with Gasteiger partial charge in [0.05, 0.1) is 22.2 Å². The zero-order valence-electron chi connectivity index (χ0n) is 19.8. The fourth-order valence-electron chi connectivity index (χ4n) is 5.10. The first-order valence-electron chi connectivity index (χ1n) is 12.3. The molecule has 0 saturated heterocycles. The summed E-state index contributed by atoms with van der Waals surface area (Å²) in [7, 11) is 0. The van der Waals surface area contributed by atoms with E-state index in [0.717, 1.165) is 39.8 Å². The molecule has 0 amide bonds. The third kappa shape index (κ3) is 4.85. The Kier molecular flexibility index (Phi) is 6.00. The molecule has 2 aliphatic carbocycles. The lowest BCUT2D eigenvalue weighted by atomic mass is 9.78. The summed E-state index contributed by atoms with van der Waals surface area (Å²) >= 11 is 0. The van der Waals surface area contributed by atoms with E-state index in [2.05, 4.69) is 52.1 Å². The first-order valence-corrected chi connectivity index (χ1v) is 12.3. The molecule has 6 rings (SSSR count). The molecule has 172 valence electrons. The standard InChI is InChI=1S/C19H18N6.C8H16/c20-19-23-17(10-12-2-1-3-12)18-14(6-9-25(18)24-19)13-4-5-15-16(11-13)22-8-7-21-15;1-8(2)6-4-3-5-7-8/h4-9,11-12H,1-3,10H2,(H2,20,24);3-7H2,1-2H3. The minimum atomic E-state index is 0.327. The van der Waals surface area contributed by atoms with Gasteiger partial charge in [-0.15, -0.1) is 5.10 Å². The van der Waals surface area contributed by atoms with Crippen LogP contribution in [-0.2, 0) is 6.42 Å². The van der Waals surface area contributed by atoms with Gasteiger partial charge >= 0.3 is 0 Å². The Balaban J connectivity index is 0.000000243. The Morgan fingerprint density at radius 2 is 1.73 bits per heavy atom. The predicted octanol–water partition coefficient (Wildman–Crippen LogP) is 6.24. The van der Waals surface area contributed by atoms with Crippen molar-refractivity contribution in [3.63, 3.8) is 0 Å². The molecule has 4 aromatic rings. The van der Waals surface area contributed by atoms with Crippen LogP contribution in [0.3, 0.4) is 0 Å². The maximum atomic E-state index is 5.92. The molecule has 33 heavy (non-hydrogen) atoms. The van der Waals surface area contributed by atoms with Gasteiger partial charge in [0.1, 0.15) is 0 Å². The molecule has 0 spiro atoms. The predicted molar refractivity (Wildman–Crippen MR) is 134 cm³/mol. The molecule has 3 aromatic heterocycles. The molecule has 2 saturated carbocycles. The lowest BCUT2D eigenvalue weighted by Crippen LogP contribution is -2.16. The van der Waals surface area contributed by atoms with E-state index in [-0.39, 0.29) is 0 Å². The smallest absolute Gasteiger partial charge is 0.238 e. The van der Waals surface area contributed by atoms with Crippen LogP contribution in [0.15, 0.2) is 42.9 Å². The first-order chi connectivity index (χ1) is 16.0. The lowest BCUT2D eigenvalue weighted by Gasteiger charge is -2.28. The topological polar surface area (TPSA) is 82.0 Å². The third-order valence-electron chi connectivity index (χ3n) is 7.29. The van der Waals surface area contributed by atoms with Crippen molar-refractivity contribution >= 4 is 22.5 Å². The highest BCUT2D eigenvalue weighted by Gasteiger charge is 2.22. The Morgan fingerprint density at radius 1 is 0.970 bits per heavy atom. The van der Waals surface area contributed by atoms with Crippen molar-refractivity contribution in [2.75, 3.05) is 5.73 Å². The maximum absolute atomic E-state index is 5.92. The number of nitrogens with zero attached hydrogens (tertiary/aromatic N) is 5. The van der Waals surface area contributed by atoms with Crippen molar-refractivity contribution in [2.24, 2.45) is 11.3 Å². The molecule has 0 radical (unpaired) electrons. The van der Waals surface area contributed by atoms with Gasteiger partial charge in [0, 0.05) is 24.2 Å². The Morgan fingerprint density at radius 3 is 2.39 bits per heavy atom. The molecular weight excluding hydrogens is 408 g/mol. The van der Waals surface area contributed by atoms with Gasteiger partial charge in [0.2, 0.25) is 5.95 Å². The molecule has 0 bridgehead atoms. The van der Waals surface area contributed by atoms with Gasteiger partial charge in [-0.2, -0.15) is 0 Å². The SMILES string of the molecule is CC1(C)CCCCC1.Nc1nc(CC2CCC2)c2c(-c3ccc4nccnc4c3)ccn2n1. The van der Waals surface area contributed by atoms with Crippen LogP contribution in [0.25, 0.3) is 27.7 Å². The zero-order valence-corrected chi connectivity index (χ0v) is 19.8. The van der Waals surface area contributed by atoms with Gasteiger partial charge in [-0.1, -0.05) is 58.4 Å². The first kappa shape index (κ1) is 21.8. The second-order valence-electron chi connectivity index (χ2n) is 10.4. The highest BCUT2D eigenvalue weighted by atomic mass is 15.3. The fraction of sp³-hybridized carbons (Fsp3) is 0.481. The van der Waals surface area contributed by atoms with Crippen molar-refractivity contribution in [3.8, 4) is 11.1 Å². The molecule has 0 atom stereocenters. The fourth-order valence-corrected chi connectivity index (χ4v) is 5.10. The largest absolute Gasteiger partial charge is 0.367 e. The quantitative estimate of drug-likeness (QED) is 0.406. The summed E-state index contributed by atoms with van der Waals surface area (Å²) in [5.74, 6) is 1.04. The monoisotopic (exact) mass is 442 g/mol. The van der Waals surface area contributed by atoms with Crippen LogP contribution in [0.2, 0.25) is 0 Å². The molecule has 0 unspecified atom stereocenters. The van der Waals surface area contributed by atoms with Gasteiger partial charge in [-0.25, -0.2) is 9.50 Å². The van der Waals surface area contributed by atoms with E-state index < -0.39 is 0 Å². The summed E-state index contributed by atoms with van der Waals surface area (Å²) in [4.78, 5) is 13.3. The summed E-state index contributed by atoms with van der Waals surface area (Å²) in [6, 6.07) is 8.23. The molecule has 2 N–H and O–H groups in total. The highest BCUT2D eigenvalue weighted by Crippen LogP contribution is 2.35. The Labute approximate surface area is 195 Å². The number of hydrogen-bond donors (Lipinski definition) is 1. The molecule has 6 heteroatoms. The van der Waals surface area contributed by atoms with Crippen LogP contribution < -0.4 is 5.73 Å². The van der Waals surface area contributed by atoms with Gasteiger partial charge in [-0.05, 0) is 54.4 Å². The summed E-state index contributed by atoms with van der Waals surface area (Å²) < 4.78 is 1.85. The van der Waals surface area contributed by atoms with Crippen LogP contribution >= 0.6 is 0 Å². The second kappa shape index (κ2) is 9.08. The summed E-state index contributed by atoms with van der Waals surface area (Å²) in [6.07, 6.45) is 17.5. The second-order valence-corrected chi connectivity index (χ2v) is 10.4. The molecule has 2 aliphatic rings. The molecule has 2 fully saturated rings. The number of rotatable bonds is 3.